The summed E-state index contributed by atoms with van der Waals surface area (Å²) >= 11 is 0. The van der Waals surface area contributed by atoms with E-state index >= 15 is 0 Å². The van der Waals surface area contributed by atoms with Crippen LogP contribution in [0.4, 0.5) is 14.5 Å². The molecule has 0 radical (unpaired) electrons. The van der Waals surface area contributed by atoms with Crippen molar-refractivity contribution >= 4 is 11.4 Å². The first-order valence-electron chi connectivity index (χ1n) is 8.54. The Morgan fingerprint density at radius 1 is 1.21 bits per heavy atom. The molecule has 0 saturated heterocycles. The first kappa shape index (κ1) is 18.3. The molecule has 0 saturated carbocycles. The SMILES string of the molecule is CCCC(=Nc1cc(F)c(F)cc1C)C1=CC=CCC=C1C(C)C. The number of aryl methyl sites for hydroxylation is 1. The molecule has 24 heavy (non-hydrogen) atoms. The summed E-state index contributed by atoms with van der Waals surface area (Å²) in [5.74, 6) is -1.31. The monoisotopic (exact) mass is 329 g/mol. The van der Waals surface area contributed by atoms with E-state index in [1.807, 2.05) is 6.08 Å². The predicted octanol–water partition coefficient (Wildman–Crippen LogP) is 6.61. The zero-order valence-corrected chi connectivity index (χ0v) is 14.9. The van der Waals surface area contributed by atoms with Crippen LogP contribution in [0.1, 0.15) is 45.6 Å². The molecule has 0 bridgehead atoms. The van der Waals surface area contributed by atoms with Gasteiger partial charge in [-0.2, -0.15) is 0 Å². The van der Waals surface area contributed by atoms with Crippen molar-refractivity contribution in [3.05, 3.63) is 64.8 Å². The van der Waals surface area contributed by atoms with Crippen molar-refractivity contribution in [3.63, 3.8) is 0 Å². The second kappa shape index (κ2) is 8.18. The van der Waals surface area contributed by atoms with Gasteiger partial charge in [-0.3, -0.25) is 4.99 Å². The van der Waals surface area contributed by atoms with Gasteiger partial charge in [-0.15, -0.1) is 0 Å². The molecule has 0 spiro atoms. The van der Waals surface area contributed by atoms with E-state index in [0.717, 1.165) is 30.5 Å². The van der Waals surface area contributed by atoms with Crippen LogP contribution >= 0.6 is 0 Å². The maximum atomic E-state index is 13.6. The molecule has 0 heterocycles. The highest BCUT2D eigenvalue weighted by Crippen LogP contribution is 2.29. The number of rotatable bonds is 5. The van der Waals surface area contributed by atoms with E-state index in [1.165, 1.54) is 17.7 Å². The first-order valence-corrected chi connectivity index (χ1v) is 8.54. The maximum Gasteiger partial charge on any atom is 0.160 e. The summed E-state index contributed by atoms with van der Waals surface area (Å²) in [5.41, 5.74) is 4.42. The van der Waals surface area contributed by atoms with Crippen molar-refractivity contribution < 1.29 is 8.78 Å². The van der Waals surface area contributed by atoms with Crippen LogP contribution in [-0.2, 0) is 0 Å². The van der Waals surface area contributed by atoms with Crippen molar-refractivity contribution in [1.29, 1.82) is 0 Å². The minimum atomic E-state index is -0.857. The van der Waals surface area contributed by atoms with Gasteiger partial charge in [0.1, 0.15) is 0 Å². The standard InChI is InChI=1S/C21H25F2N/c1-5-9-20(17-11-8-6-7-10-16(17)14(2)3)24-21-13-19(23)18(22)12-15(21)4/h6,8,10-14H,5,7,9H2,1-4H3. The van der Waals surface area contributed by atoms with Crippen molar-refractivity contribution in [2.75, 3.05) is 0 Å². The molecule has 0 atom stereocenters. The highest BCUT2D eigenvalue weighted by Gasteiger charge is 2.16. The Kier molecular flexibility index (Phi) is 6.24. The fourth-order valence-electron chi connectivity index (χ4n) is 2.84. The Morgan fingerprint density at radius 3 is 2.58 bits per heavy atom. The van der Waals surface area contributed by atoms with Crippen molar-refractivity contribution in [3.8, 4) is 0 Å². The van der Waals surface area contributed by atoms with Gasteiger partial charge in [0.2, 0.25) is 0 Å². The average Bonchev–Trinajstić information content (AvgIpc) is 2.77. The zero-order valence-electron chi connectivity index (χ0n) is 14.9. The summed E-state index contributed by atoms with van der Waals surface area (Å²) in [5, 5.41) is 0. The molecule has 0 fully saturated rings. The van der Waals surface area contributed by atoms with Gasteiger partial charge in [-0.05, 0) is 48.5 Å². The van der Waals surface area contributed by atoms with Crippen molar-refractivity contribution in [1.82, 2.24) is 0 Å². The summed E-state index contributed by atoms with van der Waals surface area (Å²) < 4.78 is 27.0. The number of hydrogen-bond acceptors (Lipinski definition) is 1. The summed E-state index contributed by atoms with van der Waals surface area (Å²) in [6.45, 7) is 8.18. The maximum absolute atomic E-state index is 13.6. The van der Waals surface area contributed by atoms with Gasteiger partial charge < -0.3 is 0 Å². The minimum absolute atomic E-state index is 0.379. The number of nitrogens with zero attached hydrogens (tertiary/aromatic N) is 1. The number of halogens is 2. The van der Waals surface area contributed by atoms with Gasteiger partial charge >= 0.3 is 0 Å². The van der Waals surface area contributed by atoms with Gasteiger partial charge in [0.25, 0.3) is 0 Å². The van der Waals surface area contributed by atoms with Gasteiger partial charge in [0.15, 0.2) is 11.6 Å². The van der Waals surface area contributed by atoms with Crippen LogP contribution in [0.3, 0.4) is 0 Å². The Hall–Kier alpha value is -2.03. The Bertz CT molecular complexity index is 722. The molecule has 0 N–H and O–H groups in total. The lowest BCUT2D eigenvalue weighted by Gasteiger charge is -2.17. The molecule has 128 valence electrons. The lowest BCUT2D eigenvalue weighted by Crippen LogP contribution is -2.09. The molecular weight excluding hydrogens is 304 g/mol. The van der Waals surface area contributed by atoms with Gasteiger partial charge in [0.05, 0.1) is 5.69 Å². The Labute approximate surface area is 143 Å². The van der Waals surface area contributed by atoms with E-state index in [1.54, 1.807) is 6.92 Å². The Balaban J connectivity index is 2.54. The van der Waals surface area contributed by atoms with Crippen LogP contribution in [0.15, 0.2) is 52.6 Å². The third-order valence-corrected chi connectivity index (χ3v) is 4.10. The lowest BCUT2D eigenvalue weighted by molar-refractivity contribution is 0.508. The number of allylic oxidation sites excluding steroid dienone is 6. The second-order valence-electron chi connectivity index (χ2n) is 6.42. The smallest absolute Gasteiger partial charge is 0.160 e. The van der Waals surface area contributed by atoms with Crippen LogP contribution in [0.2, 0.25) is 0 Å². The van der Waals surface area contributed by atoms with Gasteiger partial charge in [-0.25, -0.2) is 8.78 Å². The van der Waals surface area contributed by atoms with E-state index in [-0.39, 0.29) is 0 Å². The van der Waals surface area contributed by atoms with Crippen LogP contribution in [-0.4, -0.2) is 5.71 Å². The zero-order chi connectivity index (χ0) is 17.7. The third-order valence-electron chi connectivity index (χ3n) is 4.10. The largest absolute Gasteiger partial charge is 0.252 e. The predicted molar refractivity (Wildman–Crippen MR) is 97.9 cm³/mol. The topological polar surface area (TPSA) is 12.4 Å². The number of aliphatic imine (C=N–C) groups is 1. The fraction of sp³-hybridized carbons (Fsp3) is 0.381. The molecule has 0 aliphatic heterocycles. The molecule has 1 aromatic carbocycles. The van der Waals surface area contributed by atoms with Crippen LogP contribution < -0.4 is 0 Å². The normalized spacial score (nSPS) is 15.4. The van der Waals surface area contributed by atoms with Crippen LogP contribution in [0.5, 0.6) is 0 Å². The molecule has 3 heteroatoms. The molecule has 1 aliphatic rings. The summed E-state index contributed by atoms with van der Waals surface area (Å²) in [6, 6.07) is 2.39. The van der Waals surface area contributed by atoms with E-state index in [9.17, 15) is 8.78 Å². The van der Waals surface area contributed by atoms with Crippen LogP contribution in [0.25, 0.3) is 0 Å². The number of benzene rings is 1. The second-order valence-corrected chi connectivity index (χ2v) is 6.42. The molecule has 2 rings (SSSR count). The molecule has 1 aromatic rings. The lowest BCUT2D eigenvalue weighted by atomic mass is 9.89. The quantitative estimate of drug-likeness (QED) is 0.539. The molecule has 0 unspecified atom stereocenters. The first-order chi connectivity index (χ1) is 11.4. The minimum Gasteiger partial charge on any atom is -0.252 e. The van der Waals surface area contributed by atoms with Gasteiger partial charge in [0, 0.05) is 11.8 Å². The van der Waals surface area contributed by atoms with E-state index in [4.69, 9.17) is 4.99 Å². The Morgan fingerprint density at radius 2 is 1.92 bits per heavy atom. The summed E-state index contributed by atoms with van der Waals surface area (Å²) in [7, 11) is 0. The average molecular weight is 329 g/mol. The van der Waals surface area contributed by atoms with E-state index in [0.29, 0.717) is 17.2 Å². The fourth-order valence-corrected chi connectivity index (χ4v) is 2.84. The van der Waals surface area contributed by atoms with E-state index in [2.05, 4.69) is 39.0 Å². The van der Waals surface area contributed by atoms with Gasteiger partial charge in [-0.1, -0.05) is 51.5 Å². The van der Waals surface area contributed by atoms with Crippen molar-refractivity contribution in [2.45, 2.75) is 47.0 Å². The molecule has 0 aromatic heterocycles. The summed E-state index contributed by atoms with van der Waals surface area (Å²) in [6.07, 6.45) is 11.1. The van der Waals surface area contributed by atoms with Crippen molar-refractivity contribution in [2.24, 2.45) is 10.9 Å². The molecular formula is C21H25F2N. The molecule has 1 nitrogen and oxygen atoms in total. The third kappa shape index (κ3) is 4.28. The number of hydrogen-bond donors (Lipinski definition) is 0. The summed E-state index contributed by atoms with van der Waals surface area (Å²) in [4.78, 5) is 4.71. The highest BCUT2D eigenvalue weighted by atomic mass is 19.2. The highest BCUT2D eigenvalue weighted by molar-refractivity contribution is 6.05. The molecule has 1 aliphatic carbocycles. The van der Waals surface area contributed by atoms with E-state index < -0.39 is 11.6 Å². The van der Waals surface area contributed by atoms with Crippen LogP contribution in [0, 0.1) is 24.5 Å². The molecule has 0 amide bonds.